The lowest BCUT2D eigenvalue weighted by molar-refractivity contribution is -0.125. The van der Waals surface area contributed by atoms with Gasteiger partial charge in [0.25, 0.3) is 11.8 Å². The predicted octanol–water partition coefficient (Wildman–Crippen LogP) is 2.31. The Morgan fingerprint density at radius 3 is 2.61 bits per heavy atom. The van der Waals surface area contributed by atoms with Gasteiger partial charge in [0.2, 0.25) is 0 Å². The maximum Gasteiger partial charge on any atom is 0.414 e. The lowest BCUT2D eigenvalue weighted by Crippen LogP contribution is -2.41. The highest BCUT2D eigenvalue weighted by Crippen LogP contribution is 2.26. The molecule has 2 heterocycles. The number of anilines is 2. The minimum atomic E-state index is -0.499. The number of ether oxygens (including phenoxy) is 2. The summed E-state index contributed by atoms with van der Waals surface area (Å²) >= 11 is 11.2. The van der Waals surface area contributed by atoms with Gasteiger partial charge in [0, 0.05) is 34.2 Å². The van der Waals surface area contributed by atoms with Gasteiger partial charge in [-0.15, -0.1) is 0 Å². The van der Waals surface area contributed by atoms with Crippen LogP contribution in [-0.2, 0) is 19.1 Å². The number of rotatable bonds is 5. The van der Waals surface area contributed by atoms with Crippen molar-refractivity contribution in [3.63, 3.8) is 0 Å². The van der Waals surface area contributed by atoms with E-state index in [1.165, 1.54) is 11.0 Å². The van der Waals surface area contributed by atoms with Crippen molar-refractivity contribution in [3.05, 3.63) is 47.0 Å². The van der Waals surface area contributed by atoms with E-state index in [4.69, 9.17) is 33.3 Å². The molecule has 2 fully saturated rings. The molecule has 1 N–H and O–H groups in total. The van der Waals surface area contributed by atoms with E-state index in [1.807, 2.05) is 0 Å². The van der Waals surface area contributed by atoms with Crippen LogP contribution >= 0.6 is 23.8 Å². The smallest absolute Gasteiger partial charge is 0.414 e. The van der Waals surface area contributed by atoms with Gasteiger partial charge in [0.05, 0.1) is 25.3 Å². The summed E-state index contributed by atoms with van der Waals surface area (Å²) in [5.41, 5.74) is 1.76. The summed E-state index contributed by atoms with van der Waals surface area (Å²) in [4.78, 5) is 40.4. The largest absolute Gasteiger partial charge is 0.442 e. The van der Waals surface area contributed by atoms with E-state index < -0.39 is 12.2 Å². The Morgan fingerprint density at radius 1 is 1.19 bits per heavy atom. The number of carbonyl (C=O) groups is 3. The highest BCUT2D eigenvalue weighted by atomic mass is 35.5. The molecule has 1 aliphatic carbocycles. The minimum Gasteiger partial charge on any atom is -0.442 e. The number of nitrogens with zero attached hydrogens (tertiary/aromatic N) is 2. The van der Waals surface area contributed by atoms with Crippen molar-refractivity contribution < 1.29 is 23.9 Å². The molecular formula is C21H20ClN3O5S. The molecule has 1 atom stereocenters. The Balaban J connectivity index is 1.35. The zero-order chi connectivity index (χ0) is 22.0. The van der Waals surface area contributed by atoms with Crippen molar-refractivity contribution in [2.24, 2.45) is 0 Å². The summed E-state index contributed by atoms with van der Waals surface area (Å²) in [5.74, 6) is -0.440. The average Bonchev–Trinajstić information content (AvgIpc) is 3.15. The second-order valence-electron chi connectivity index (χ2n) is 7.22. The Bertz CT molecular complexity index is 991. The molecule has 0 spiro atoms. The first-order valence-corrected chi connectivity index (χ1v) is 10.6. The third-order valence-electron chi connectivity index (χ3n) is 5.13. The third-order valence-corrected chi connectivity index (χ3v) is 5.78. The predicted molar refractivity (Wildman–Crippen MR) is 119 cm³/mol. The van der Waals surface area contributed by atoms with Crippen LogP contribution in [0.4, 0.5) is 16.2 Å². The van der Waals surface area contributed by atoms with Crippen LogP contribution in [-0.4, -0.2) is 61.7 Å². The molecule has 0 bridgehead atoms. The summed E-state index contributed by atoms with van der Waals surface area (Å²) in [7, 11) is 0. The number of carbonyl (C=O) groups excluding carboxylic acids is 3. The number of thiocarbonyl (C=S) groups is 1. The third kappa shape index (κ3) is 4.79. The summed E-state index contributed by atoms with van der Waals surface area (Å²) in [6.07, 6.45) is 2.74. The maximum absolute atomic E-state index is 12.4. The standard InChI is InChI=1S/C21H20ClN3O5S/c22-13-1-6-18(31)17(9-13)20(27)23-10-16-11-25(21(28)30-16)15-4-2-14(3-5-15)24-7-8-29-12-19(24)26/h1-5,9,16H,6-8,10-12H2,(H,23,27)/t16-/m0/s1. The molecule has 1 aromatic carbocycles. The monoisotopic (exact) mass is 461 g/mol. The molecule has 3 amide bonds. The molecule has 0 unspecified atom stereocenters. The van der Waals surface area contributed by atoms with E-state index in [9.17, 15) is 14.4 Å². The summed E-state index contributed by atoms with van der Waals surface area (Å²) in [5, 5.41) is 3.23. The summed E-state index contributed by atoms with van der Waals surface area (Å²) in [6, 6.07) is 7.10. The number of morpholine rings is 1. The Hall–Kier alpha value is -2.75. The molecule has 10 heteroatoms. The van der Waals surface area contributed by atoms with Crippen molar-refractivity contribution in [2.75, 3.05) is 42.6 Å². The number of nitrogens with one attached hydrogen (secondary N) is 1. The van der Waals surface area contributed by atoms with Crippen molar-refractivity contribution in [1.29, 1.82) is 0 Å². The van der Waals surface area contributed by atoms with Crippen molar-refractivity contribution in [3.8, 4) is 0 Å². The summed E-state index contributed by atoms with van der Waals surface area (Å²) < 4.78 is 10.5. The van der Waals surface area contributed by atoms with E-state index in [2.05, 4.69) is 5.32 Å². The number of hydrogen-bond acceptors (Lipinski definition) is 6. The lowest BCUT2D eigenvalue weighted by atomic mass is 10.0. The van der Waals surface area contributed by atoms with Crippen molar-refractivity contribution in [1.82, 2.24) is 5.32 Å². The highest BCUT2D eigenvalue weighted by molar-refractivity contribution is 7.81. The number of amides is 3. The van der Waals surface area contributed by atoms with Crippen LogP contribution in [0.1, 0.15) is 6.42 Å². The second kappa shape index (κ2) is 9.17. The molecule has 162 valence electrons. The van der Waals surface area contributed by atoms with Gasteiger partial charge in [-0.2, -0.15) is 0 Å². The number of cyclic esters (lactones) is 1. The van der Waals surface area contributed by atoms with E-state index in [0.717, 1.165) is 5.69 Å². The molecule has 8 nitrogen and oxygen atoms in total. The first-order valence-electron chi connectivity index (χ1n) is 9.77. The van der Waals surface area contributed by atoms with Crippen molar-refractivity contribution in [2.45, 2.75) is 12.5 Å². The molecule has 0 saturated carbocycles. The van der Waals surface area contributed by atoms with Gasteiger partial charge in [-0.1, -0.05) is 29.9 Å². The molecule has 0 radical (unpaired) electrons. The normalized spacial score (nSPS) is 21.6. The average molecular weight is 462 g/mol. The quantitative estimate of drug-likeness (QED) is 0.677. The number of benzene rings is 1. The van der Waals surface area contributed by atoms with E-state index in [0.29, 0.717) is 47.3 Å². The summed E-state index contributed by atoms with van der Waals surface area (Å²) in [6.45, 7) is 1.50. The van der Waals surface area contributed by atoms with Crippen LogP contribution in [0, 0.1) is 0 Å². The van der Waals surface area contributed by atoms with Crippen LogP contribution in [0.15, 0.2) is 47.0 Å². The van der Waals surface area contributed by atoms with Gasteiger partial charge in [0.15, 0.2) is 0 Å². The van der Waals surface area contributed by atoms with Gasteiger partial charge in [-0.3, -0.25) is 14.5 Å². The Kier molecular flexibility index (Phi) is 6.35. The van der Waals surface area contributed by atoms with Crippen LogP contribution in [0.25, 0.3) is 0 Å². The minimum absolute atomic E-state index is 0.0672. The number of halogens is 1. The van der Waals surface area contributed by atoms with E-state index in [-0.39, 0.29) is 25.0 Å². The van der Waals surface area contributed by atoms with Crippen LogP contribution < -0.4 is 15.1 Å². The lowest BCUT2D eigenvalue weighted by Gasteiger charge is -2.27. The molecule has 0 aromatic heterocycles. The van der Waals surface area contributed by atoms with Gasteiger partial charge in [-0.25, -0.2) is 4.79 Å². The molecule has 3 aliphatic rings. The fourth-order valence-electron chi connectivity index (χ4n) is 3.51. The molecule has 2 aliphatic heterocycles. The van der Waals surface area contributed by atoms with Gasteiger partial charge in [0.1, 0.15) is 12.7 Å². The van der Waals surface area contributed by atoms with Gasteiger partial charge < -0.3 is 19.7 Å². The van der Waals surface area contributed by atoms with Crippen molar-refractivity contribution >= 4 is 58.0 Å². The topological polar surface area (TPSA) is 88.2 Å². The Morgan fingerprint density at radius 2 is 1.90 bits per heavy atom. The molecule has 1 aromatic rings. The molecular weight excluding hydrogens is 442 g/mol. The van der Waals surface area contributed by atoms with Crippen LogP contribution in [0.2, 0.25) is 0 Å². The number of allylic oxidation sites excluding steroid dienone is 3. The van der Waals surface area contributed by atoms with Gasteiger partial charge in [-0.05, 0) is 30.3 Å². The SMILES string of the molecule is O=C(NC[C@H]1CN(c2ccc(N3CCOCC3=O)cc2)C(=O)O1)C1=CC(Cl)=CCC1=S. The fraction of sp³-hybridized carbons (Fsp3) is 0.333. The highest BCUT2D eigenvalue weighted by Gasteiger charge is 2.33. The van der Waals surface area contributed by atoms with Crippen LogP contribution in [0.3, 0.4) is 0 Å². The van der Waals surface area contributed by atoms with E-state index >= 15 is 0 Å². The van der Waals surface area contributed by atoms with Crippen LogP contribution in [0.5, 0.6) is 0 Å². The fourth-order valence-corrected chi connectivity index (χ4v) is 3.93. The maximum atomic E-state index is 12.4. The first-order chi connectivity index (χ1) is 14.9. The zero-order valence-corrected chi connectivity index (χ0v) is 18.1. The van der Waals surface area contributed by atoms with E-state index in [1.54, 1.807) is 35.2 Å². The molecule has 2 saturated heterocycles. The molecule has 31 heavy (non-hydrogen) atoms. The first kappa shape index (κ1) is 21.5. The Labute approximate surface area is 189 Å². The zero-order valence-electron chi connectivity index (χ0n) is 16.5. The second-order valence-corrected chi connectivity index (χ2v) is 8.14. The van der Waals surface area contributed by atoms with Gasteiger partial charge >= 0.3 is 6.09 Å². The molecule has 4 rings (SSSR count). The number of hydrogen-bond donors (Lipinski definition) is 1.